The molecule has 0 unspecified atom stereocenters. The molecule has 1 heterocycles. The van der Waals surface area contributed by atoms with Crippen molar-refractivity contribution in [1.29, 1.82) is 0 Å². The van der Waals surface area contributed by atoms with E-state index in [0.717, 1.165) is 10.5 Å². The second-order valence-electron chi connectivity index (χ2n) is 4.62. The summed E-state index contributed by atoms with van der Waals surface area (Å²) in [4.78, 5) is 23.6. The molecular weight excluding hydrogens is 262 g/mol. The summed E-state index contributed by atoms with van der Waals surface area (Å²) in [5, 5.41) is 9.09. The van der Waals surface area contributed by atoms with Gasteiger partial charge in [-0.05, 0) is 24.5 Å². The topological polar surface area (TPSA) is 76.1 Å². The van der Waals surface area contributed by atoms with E-state index in [1.54, 1.807) is 26.4 Å². The Morgan fingerprint density at radius 3 is 2.75 bits per heavy atom. The SMILES string of the molecule is COc1ccc(C[C@H]2CCC(=O)N2C(=O)O)c(OC)c1. The summed E-state index contributed by atoms with van der Waals surface area (Å²) in [5.74, 6) is 0.965. The van der Waals surface area contributed by atoms with Crippen LogP contribution in [-0.2, 0) is 11.2 Å². The van der Waals surface area contributed by atoms with Crippen LogP contribution in [0.15, 0.2) is 18.2 Å². The van der Waals surface area contributed by atoms with E-state index in [-0.39, 0.29) is 18.4 Å². The Hall–Kier alpha value is -2.24. The molecule has 0 radical (unpaired) electrons. The van der Waals surface area contributed by atoms with Gasteiger partial charge in [0.1, 0.15) is 11.5 Å². The van der Waals surface area contributed by atoms with E-state index in [4.69, 9.17) is 14.6 Å². The second kappa shape index (κ2) is 5.81. The minimum atomic E-state index is -1.19. The van der Waals surface area contributed by atoms with Crippen LogP contribution in [0.25, 0.3) is 0 Å². The van der Waals surface area contributed by atoms with Gasteiger partial charge in [0.15, 0.2) is 0 Å². The molecule has 108 valence electrons. The van der Waals surface area contributed by atoms with E-state index in [1.807, 2.05) is 6.07 Å². The first-order valence-corrected chi connectivity index (χ1v) is 6.32. The number of carbonyl (C=O) groups is 2. The van der Waals surface area contributed by atoms with Crippen molar-refractivity contribution in [2.24, 2.45) is 0 Å². The van der Waals surface area contributed by atoms with Crippen molar-refractivity contribution in [1.82, 2.24) is 4.90 Å². The predicted octanol–water partition coefficient (Wildman–Crippen LogP) is 1.92. The van der Waals surface area contributed by atoms with Crippen LogP contribution in [0.4, 0.5) is 4.79 Å². The lowest BCUT2D eigenvalue weighted by molar-refractivity contribution is -0.126. The Morgan fingerprint density at radius 2 is 2.15 bits per heavy atom. The highest BCUT2D eigenvalue weighted by Gasteiger charge is 2.36. The molecule has 1 aliphatic rings. The van der Waals surface area contributed by atoms with Crippen LogP contribution in [-0.4, -0.2) is 42.3 Å². The molecule has 1 fully saturated rings. The van der Waals surface area contributed by atoms with Crippen LogP contribution in [0.3, 0.4) is 0 Å². The van der Waals surface area contributed by atoms with Crippen molar-refractivity contribution < 1.29 is 24.2 Å². The quantitative estimate of drug-likeness (QED) is 0.911. The first-order valence-electron chi connectivity index (χ1n) is 6.32. The summed E-state index contributed by atoms with van der Waals surface area (Å²) in [6.45, 7) is 0. The van der Waals surface area contributed by atoms with Crippen molar-refractivity contribution in [3.8, 4) is 11.5 Å². The number of hydrogen-bond donors (Lipinski definition) is 1. The van der Waals surface area contributed by atoms with Gasteiger partial charge in [0.25, 0.3) is 0 Å². The molecule has 0 spiro atoms. The largest absolute Gasteiger partial charge is 0.497 e. The van der Waals surface area contributed by atoms with Crippen LogP contribution in [0, 0.1) is 0 Å². The summed E-state index contributed by atoms with van der Waals surface area (Å²) in [7, 11) is 3.11. The monoisotopic (exact) mass is 279 g/mol. The molecule has 1 saturated heterocycles. The summed E-state index contributed by atoms with van der Waals surface area (Å²) in [5.41, 5.74) is 0.860. The number of carboxylic acid groups (broad SMARTS) is 1. The maximum absolute atomic E-state index is 11.6. The molecule has 1 atom stereocenters. The number of methoxy groups -OCH3 is 2. The number of amides is 2. The maximum Gasteiger partial charge on any atom is 0.414 e. The molecule has 1 aliphatic heterocycles. The van der Waals surface area contributed by atoms with Gasteiger partial charge in [0.2, 0.25) is 5.91 Å². The summed E-state index contributed by atoms with van der Waals surface area (Å²) < 4.78 is 10.4. The number of benzene rings is 1. The van der Waals surface area contributed by atoms with Crippen molar-refractivity contribution in [3.63, 3.8) is 0 Å². The number of rotatable bonds is 4. The molecule has 1 aromatic rings. The van der Waals surface area contributed by atoms with Crippen molar-refractivity contribution >= 4 is 12.0 Å². The molecule has 0 saturated carbocycles. The molecule has 0 aromatic heterocycles. The van der Waals surface area contributed by atoms with E-state index >= 15 is 0 Å². The van der Waals surface area contributed by atoms with Crippen molar-refractivity contribution in [3.05, 3.63) is 23.8 Å². The highest BCUT2D eigenvalue weighted by Crippen LogP contribution is 2.29. The standard InChI is InChI=1S/C14H17NO5/c1-19-11-5-3-9(12(8-11)20-2)7-10-4-6-13(16)15(10)14(17)18/h3,5,8,10H,4,6-7H2,1-2H3,(H,17,18)/t10-/m1/s1. The van der Waals surface area contributed by atoms with E-state index < -0.39 is 6.09 Å². The van der Waals surface area contributed by atoms with Gasteiger partial charge >= 0.3 is 6.09 Å². The van der Waals surface area contributed by atoms with Crippen LogP contribution in [0.2, 0.25) is 0 Å². The predicted molar refractivity (Wildman–Crippen MR) is 71.1 cm³/mol. The number of carbonyl (C=O) groups excluding carboxylic acids is 1. The number of ether oxygens (including phenoxy) is 2. The zero-order valence-electron chi connectivity index (χ0n) is 11.5. The third-order valence-corrected chi connectivity index (χ3v) is 3.48. The summed E-state index contributed by atoms with van der Waals surface area (Å²) in [6, 6.07) is 5.04. The van der Waals surface area contributed by atoms with Gasteiger partial charge in [0, 0.05) is 18.5 Å². The van der Waals surface area contributed by atoms with E-state index in [9.17, 15) is 9.59 Å². The molecule has 1 aromatic carbocycles. The lowest BCUT2D eigenvalue weighted by atomic mass is 10.0. The Bertz CT molecular complexity index is 528. The van der Waals surface area contributed by atoms with Crippen LogP contribution in [0.1, 0.15) is 18.4 Å². The fourth-order valence-corrected chi connectivity index (χ4v) is 2.47. The zero-order valence-corrected chi connectivity index (χ0v) is 11.5. The second-order valence-corrected chi connectivity index (χ2v) is 4.62. The smallest absolute Gasteiger partial charge is 0.414 e. The lowest BCUT2D eigenvalue weighted by Crippen LogP contribution is -2.38. The molecule has 6 heteroatoms. The average Bonchev–Trinajstić information content (AvgIpc) is 2.80. The van der Waals surface area contributed by atoms with Gasteiger partial charge in [-0.3, -0.25) is 4.79 Å². The highest BCUT2D eigenvalue weighted by atomic mass is 16.5. The molecule has 2 amide bonds. The third-order valence-electron chi connectivity index (χ3n) is 3.48. The van der Waals surface area contributed by atoms with E-state index in [2.05, 4.69) is 0 Å². The van der Waals surface area contributed by atoms with Crippen LogP contribution in [0.5, 0.6) is 11.5 Å². The third kappa shape index (κ3) is 2.68. The van der Waals surface area contributed by atoms with Crippen LogP contribution < -0.4 is 9.47 Å². The summed E-state index contributed by atoms with van der Waals surface area (Å²) in [6.07, 6.45) is 0.0750. The molecule has 0 aliphatic carbocycles. The Labute approximate surface area is 116 Å². The molecular formula is C14H17NO5. The summed E-state index contributed by atoms with van der Waals surface area (Å²) >= 11 is 0. The number of hydrogen-bond acceptors (Lipinski definition) is 4. The van der Waals surface area contributed by atoms with Gasteiger partial charge in [-0.1, -0.05) is 6.07 Å². The number of likely N-dealkylation sites (tertiary alicyclic amines) is 1. The molecule has 2 rings (SSSR count). The molecule has 1 N–H and O–H groups in total. The first kappa shape index (κ1) is 14.2. The fourth-order valence-electron chi connectivity index (χ4n) is 2.47. The zero-order chi connectivity index (χ0) is 14.7. The van der Waals surface area contributed by atoms with E-state index in [1.165, 1.54) is 0 Å². The Balaban J connectivity index is 2.21. The highest BCUT2D eigenvalue weighted by molar-refractivity contribution is 5.93. The number of imide groups is 1. The Kier molecular flexibility index (Phi) is 4.12. The minimum Gasteiger partial charge on any atom is -0.497 e. The van der Waals surface area contributed by atoms with Crippen LogP contribution >= 0.6 is 0 Å². The van der Waals surface area contributed by atoms with Gasteiger partial charge in [-0.25, -0.2) is 9.69 Å². The average molecular weight is 279 g/mol. The molecule has 6 nitrogen and oxygen atoms in total. The van der Waals surface area contributed by atoms with Gasteiger partial charge in [0.05, 0.1) is 14.2 Å². The van der Waals surface area contributed by atoms with Crippen molar-refractivity contribution in [2.45, 2.75) is 25.3 Å². The maximum atomic E-state index is 11.6. The van der Waals surface area contributed by atoms with Gasteiger partial charge < -0.3 is 14.6 Å². The van der Waals surface area contributed by atoms with Gasteiger partial charge in [-0.15, -0.1) is 0 Å². The normalized spacial score (nSPS) is 18.2. The van der Waals surface area contributed by atoms with Gasteiger partial charge in [-0.2, -0.15) is 0 Å². The fraction of sp³-hybridized carbons (Fsp3) is 0.429. The first-order chi connectivity index (χ1) is 9.56. The lowest BCUT2D eigenvalue weighted by Gasteiger charge is -2.21. The van der Waals surface area contributed by atoms with Crippen molar-refractivity contribution in [2.75, 3.05) is 14.2 Å². The minimum absolute atomic E-state index is 0.273. The molecule has 0 bridgehead atoms. The number of nitrogens with zero attached hydrogens (tertiary/aromatic N) is 1. The Morgan fingerprint density at radius 1 is 1.40 bits per heavy atom. The van der Waals surface area contributed by atoms with E-state index in [0.29, 0.717) is 24.3 Å². The molecule has 20 heavy (non-hydrogen) atoms.